The van der Waals surface area contributed by atoms with Crippen LogP contribution in [0.15, 0.2) is 0 Å². The summed E-state index contributed by atoms with van der Waals surface area (Å²) in [4.78, 5) is 28.9. The van der Waals surface area contributed by atoms with Gasteiger partial charge in [-0.25, -0.2) is 0 Å². The molecule has 136 valence electrons. The number of hydrogen-bond donors (Lipinski definition) is 2. The SMILES string of the molecule is CC(CC(=O)N1CCCC(N2CCNCC2=O)C1)C1CCCNC1. The standard InChI is InChI=1S/C18H32N4O2/c1-14(15-4-2-6-19-11-15)10-17(23)21-8-3-5-16(13-21)22-9-7-20-12-18(22)24/h14-16,19-20H,2-13H2,1H3. The average Bonchev–Trinajstić information content (AvgIpc) is 2.63. The number of likely N-dealkylation sites (tertiary alicyclic amines) is 1. The highest BCUT2D eigenvalue weighted by Gasteiger charge is 2.32. The molecule has 3 aliphatic rings. The lowest BCUT2D eigenvalue weighted by Crippen LogP contribution is -2.57. The van der Waals surface area contributed by atoms with Crippen LogP contribution in [-0.4, -0.2) is 73.5 Å². The maximum atomic E-state index is 12.8. The summed E-state index contributed by atoms with van der Waals surface area (Å²) in [5, 5.41) is 6.57. The Kier molecular flexibility index (Phi) is 6.11. The number of carbonyl (C=O) groups excluding carboxylic acids is 2. The average molecular weight is 336 g/mol. The first-order valence-electron chi connectivity index (χ1n) is 9.64. The first-order chi connectivity index (χ1) is 11.6. The molecule has 0 aliphatic carbocycles. The second-order valence-electron chi connectivity index (χ2n) is 7.69. The van der Waals surface area contributed by atoms with E-state index in [9.17, 15) is 9.59 Å². The minimum atomic E-state index is 0.183. The normalized spacial score (nSPS) is 30.3. The van der Waals surface area contributed by atoms with Crippen molar-refractivity contribution in [2.45, 2.75) is 45.1 Å². The molecule has 0 aromatic rings. The molecular weight excluding hydrogens is 304 g/mol. The van der Waals surface area contributed by atoms with Gasteiger partial charge in [-0.1, -0.05) is 6.92 Å². The molecular formula is C18H32N4O2. The van der Waals surface area contributed by atoms with E-state index in [1.165, 1.54) is 12.8 Å². The topological polar surface area (TPSA) is 64.7 Å². The highest BCUT2D eigenvalue weighted by molar-refractivity contribution is 5.80. The molecule has 3 rings (SSSR count). The first-order valence-corrected chi connectivity index (χ1v) is 9.64. The molecule has 0 bridgehead atoms. The van der Waals surface area contributed by atoms with Crippen LogP contribution in [0, 0.1) is 11.8 Å². The van der Waals surface area contributed by atoms with E-state index in [1.54, 1.807) is 0 Å². The number of carbonyl (C=O) groups is 2. The summed E-state index contributed by atoms with van der Waals surface area (Å²) in [7, 11) is 0. The number of nitrogens with one attached hydrogen (secondary N) is 2. The molecule has 2 amide bonds. The molecule has 0 saturated carbocycles. The molecule has 6 heteroatoms. The summed E-state index contributed by atoms with van der Waals surface area (Å²) >= 11 is 0. The third kappa shape index (κ3) is 4.28. The zero-order valence-corrected chi connectivity index (χ0v) is 14.9. The summed E-state index contributed by atoms with van der Waals surface area (Å²) in [5.74, 6) is 1.52. The Labute approximate surface area is 145 Å². The minimum absolute atomic E-state index is 0.183. The van der Waals surface area contributed by atoms with Crippen LogP contribution < -0.4 is 10.6 Å². The van der Waals surface area contributed by atoms with Crippen molar-refractivity contribution >= 4 is 11.8 Å². The Morgan fingerprint density at radius 1 is 1.21 bits per heavy atom. The molecule has 3 saturated heterocycles. The highest BCUT2D eigenvalue weighted by atomic mass is 16.2. The Bertz CT molecular complexity index is 450. The zero-order valence-electron chi connectivity index (χ0n) is 14.9. The van der Waals surface area contributed by atoms with Crippen LogP contribution in [-0.2, 0) is 9.59 Å². The number of piperidine rings is 2. The molecule has 0 aromatic heterocycles. The van der Waals surface area contributed by atoms with E-state index in [1.807, 2.05) is 9.80 Å². The predicted octanol–water partition coefficient (Wildman–Crippen LogP) is 0.435. The van der Waals surface area contributed by atoms with Crippen LogP contribution >= 0.6 is 0 Å². The van der Waals surface area contributed by atoms with Gasteiger partial charge in [0.25, 0.3) is 0 Å². The Balaban J connectivity index is 1.51. The summed E-state index contributed by atoms with van der Waals surface area (Å²) in [6.45, 7) is 8.03. The number of piperazine rings is 1. The third-order valence-corrected chi connectivity index (χ3v) is 5.95. The van der Waals surface area contributed by atoms with Gasteiger partial charge in [-0.05, 0) is 50.6 Å². The van der Waals surface area contributed by atoms with Gasteiger partial charge < -0.3 is 20.4 Å². The zero-order chi connectivity index (χ0) is 16.9. The Morgan fingerprint density at radius 2 is 2.08 bits per heavy atom. The predicted molar refractivity (Wildman–Crippen MR) is 93.6 cm³/mol. The van der Waals surface area contributed by atoms with Crippen molar-refractivity contribution in [1.82, 2.24) is 20.4 Å². The van der Waals surface area contributed by atoms with Gasteiger partial charge in [0.15, 0.2) is 0 Å². The quantitative estimate of drug-likeness (QED) is 0.782. The van der Waals surface area contributed by atoms with Gasteiger partial charge in [0.1, 0.15) is 0 Å². The van der Waals surface area contributed by atoms with Gasteiger partial charge in [-0.2, -0.15) is 0 Å². The van der Waals surface area contributed by atoms with E-state index < -0.39 is 0 Å². The van der Waals surface area contributed by atoms with Crippen LogP contribution in [0.2, 0.25) is 0 Å². The van der Waals surface area contributed by atoms with Crippen molar-refractivity contribution < 1.29 is 9.59 Å². The van der Waals surface area contributed by atoms with E-state index >= 15 is 0 Å². The van der Waals surface area contributed by atoms with Crippen molar-refractivity contribution in [1.29, 1.82) is 0 Å². The summed E-state index contributed by atoms with van der Waals surface area (Å²) in [5.41, 5.74) is 0. The molecule has 6 nitrogen and oxygen atoms in total. The first kappa shape index (κ1) is 17.7. The van der Waals surface area contributed by atoms with Crippen LogP contribution in [0.25, 0.3) is 0 Å². The van der Waals surface area contributed by atoms with Gasteiger partial charge in [0, 0.05) is 38.6 Å². The van der Waals surface area contributed by atoms with Crippen molar-refractivity contribution in [3.8, 4) is 0 Å². The van der Waals surface area contributed by atoms with E-state index in [0.29, 0.717) is 24.8 Å². The van der Waals surface area contributed by atoms with E-state index in [4.69, 9.17) is 0 Å². The number of rotatable bonds is 4. The second-order valence-corrected chi connectivity index (χ2v) is 7.69. The van der Waals surface area contributed by atoms with Crippen molar-refractivity contribution in [3.63, 3.8) is 0 Å². The lowest BCUT2D eigenvalue weighted by atomic mass is 9.85. The molecule has 24 heavy (non-hydrogen) atoms. The van der Waals surface area contributed by atoms with Crippen LogP contribution in [0.1, 0.15) is 39.0 Å². The van der Waals surface area contributed by atoms with Gasteiger partial charge in [0.2, 0.25) is 11.8 Å². The highest BCUT2D eigenvalue weighted by Crippen LogP contribution is 2.25. The second kappa shape index (κ2) is 8.30. The molecule has 0 spiro atoms. The molecule has 0 aromatic carbocycles. The van der Waals surface area contributed by atoms with Gasteiger partial charge in [-0.3, -0.25) is 9.59 Å². The molecule has 3 atom stereocenters. The fraction of sp³-hybridized carbons (Fsp3) is 0.889. The van der Waals surface area contributed by atoms with Crippen molar-refractivity contribution in [2.24, 2.45) is 11.8 Å². The fourth-order valence-corrected chi connectivity index (χ4v) is 4.38. The van der Waals surface area contributed by atoms with Crippen LogP contribution in [0.5, 0.6) is 0 Å². The molecule has 3 unspecified atom stereocenters. The maximum Gasteiger partial charge on any atom is 0.236 e. The largest absolute Gasteiger partial charge is 0.341 e. The number of hydrogen-bond acceptors (Lipinski definition) is 4. The molecule has 3 aliphatic heterocycles. The lowest BCUT2D eigenvalue weighted by molar-refractivity contribution is -0.141. The van der Waals surface area contributed by atoms with E-state index in [-0.39, 0.29) is 17.9 Å². The summed E-state index contributed by atoms with van der Waals surface area (Å²) in [6, 6.07) is 0.212. The number of amides is 2. The van der Waals surface area contributed by atoms with Gasteiger partial charge in [0.05, 0.1) is 6.54 Å². The summed E-state index contributed by atoms with van der Waals surface area (Å²) < 4.78 is 0. The smallest absolute Gasteiger partial charge is 0.236 e. The molecule has 3 heterocycles. The maximum absolute atomic E-state index is 12.8. The third-order valence-electron chi connectivity index (χ3n) is 5.95. The summed E-state index contributed by atoms with van der Waals surface area (Å²) in [6.07, 6.45) is 5.14. The monoisotopic (exact) mass is 336 g/mol. The number of nitrogens with zero attached hydrogens (tertiary/aromatic N) is 2. The molecule has 3 fully saturated rings. The molecule has 0 radical (unpaired) electrons. The lowest BCUT2D eigenvalue weighted by Gasteiger charge is -2.41. The van der Waals surface area contributed by atoms with Gasteiger partial charge in [-0.15, -0.1) is 0 Å². The van der Waals surface area contributed by atoms with Crippen LogP contribution in [0.4, 0.5) is 0 Å². The van der Waals surface area contributed by atoms with E-state index in [2.05, 4.69) is 17.6 Å². The fourth-order valence-electron chi connectivity index (χ4n) is 4.38. The minimum Gasteiger partial charge on any atom is -0.341 e. The molecule has 2 N–H and O–H groups in total. The van der Waals surface area contributed by atoms with E-state index in [0.717, 1.165) is 52.1 Å². The van der Waals surface area contributed by atoms with Crippen molar-refractivity contribution in [3.05, 3.63) is 0 Å². The Hall–Kier alpha value is -1.14. The van der Waals surface area contributed by atoms with Crippen molar-refractivity contribution in [2.75, 3.05) is 45.8 Å². The van der Waals surface area contributed by atoms with Crippen LogP contribution in [0.3, 0.4) is 0 Å². The Morgan fingerprint density at radius 3 is 2.83 bits per heavy atom. The van der Waals surface area contributed by atoms with Gasteiger partial charge >= 0.3 is 0 Å².